The summed E-state index contributed by atoms with van der Waals surface area (Å²) in [6.45, 7) is 3.97. The molecular formula is C8H15ClN2O5. The topological polar surface area (TPSA) is 99.4 Å². The van der Waals surface area contributed by atoms with Gasteiger partial charge in [-0.25, -0.2) is 9.69 Å². The number of hydrogen-bond acceptors (Lipinski definition) is 5. The molecule has 0 aromatic carbocycles. The summed E-state index contributed by atoms with van der Waals surface area (Å²) in [7, 11) is 1.15. The molecule has 0 atom stereocenters. The Kier molecular flexibility index (Phi) is 10.6. The van der Waals surface area contributed by atoms with Crippen molar-refractivity contribution in [1.29, 1.82) is 0 Å². The van der Waals surface area contributed by atoms with Gasteiger partial charge >= 0.3 is 6.09 Å². The second-order valence-corrected chi connectivity index (χ2v) is 2.69. The van der Waals surface area contributed by atoms with E-state index < -0.39 is 12.0 Å². The van der Waals surface area contributed by atoms with Crippen molar-refractivity contribution >= 4 is 29.5 Å². The summed E-state index contributed by atoms with van der Waals surface area (Å²) in [6.07, 6.45) is -1.29. The summed E-state index contributed by atoms with van der Waals surface area (Å²) >= 11 is 5.04. The molecular weight excluding hydrogens is 240 g/mol. The first-order valence-corrected chi connectivity index (χ1v) is 4.81. The summed E-state index contributed by atoms with van der Waals surface area (Å²) in [5, 5.41) is 18.8. The van der Waals surface area contributed by atoms with Gasteiger partial charge in [0, 0.05) is 14.0 Å². The van der Waals surface area contributed by atoms with Crippen LogP contribution in [0.15, 0.2) is 5.16 Å². The molecule has 0 aliphatic rings. The molecule has 94 valence electrons. The van der Waals surface area contributed by atoms with Gasteiger partial charge in [0.05, 0.1) is 6.61 Å². The van der Waals surface area contributed by atoms with Gasteiger partial charge in [-0.1, -0.05) is 5.16 Å². The molecule has 0 heterocycles. The van der Waals surface area contributed by atoms with Crippen molar-refractivity contribution in [3.63, 3.8) is 0 Å². The predicted octanol–water partition coefficient (Wildman–Crippen LogP) is 1.19. The van der Waals surface area contributed by atoms with E-state index in [2.05, 4.69) is 5.16 Å². The third kappa shape index (κ3) is 9.07. The van der Waals surface area contributed by atoms with Crippen LogP contribution in [0.3, 0.4) is 0 Å². The molecule has 0 aromatic heterocycles. The van der Waals surface area contributed by atoms with Crippen molar-refractivity contribution in [2.45, 2.75) is 13.8 Å². The maximum Gasteiger partial charge on any atom is 0.413 e. The minimum absolute atomic E-state index is 0.303. The lowest BCUT2D eigenvalue weighted by molar-refractivity contribution is -0.125. The molecule has 0 fully saturated rings. The number of hydrogen-bond donors (Lipinski definition) is 2. The summed E-state index contributed by atoms with van der Waals surface area (Å²) in [6, 6.07) is 0. The number of alkyl halides is 1. The number of ether oxygens (including phenoxy) is 1. The summed E-state index contributed by atoms with van der Waals surface area (Å²) < 4.78 is 4.69. The summed E-state index contributed by atoms with van der Waals surface area (Å²) in [4.78, 5) is 20.8. The third-order valence-electron chi connectivity index (χ3n) is 1.27. The van der Waals surface area contributed by atoms with Crippen LogP contribution in [0.1, 0.15) is 13.8 Å². The number of nitrogens with zero attached hydrogens (tertiary/aromatic N) is 2. The number of oxime groups is 1. The van der Waals surface area contributed by atoms with Crippen LogP contribution in [0.2, 0.25) is 0 Å². The highest BCUT2D eigenvalue weighted by atomic mass is 35.5. The van der Waals surface area contributed by atoms with Crippen LogP contribution in [0, 0.1) is 0 Å². The Morgan fingerprint density at radius 1 is 1.50 bits per heavy atom. The Morgan fingerprint density at radius 2 is 2.00 bits per heavy atom. The Bertz CT molecular complexity index is 257. The predicted molar refractivity (Wildman–Crippen MR) is 58.0 cm³/mol. The van der Waals surface area contributed by atoms with Gasteiger partial charge in [0.15, 0.2) is 0 Å². The molecule has 0 aliphatic carbocycles. The average molecular weight is 255 g/mol. The third-order valence-corrected chi connectivity index (χ3v) is 1.50. The number of amides is 2. The lowest BCUT2D eigenvalue weighted by Crippen LogP contribution is -2.32. The second-order valence-electron chi connectivity index (χ2n) is 2.42. The highest BCUT2D eigenvalue weighted by molar-refractivity contribution is 6.28. The average Bonchev–Trinajstić information content (AvgIpc) is 2.27. The quantitative estimate of drug-likeness (QED) is 0.254. The van der Waals surface area contributed by atoms with Gasteiger partial charge in [-0.3, -0.25) is 4.79 Å². The van der Waals surface area contributed by atoms with Crippen molar-refractivity contribution in [2.75, 3.05) is 19.5 Å². The molecule has 0 unspecified atom stereocenters. The van der Waals surface area contributed by atoms with Crippen LogP contribution in [0.5, 0.6) is 0 Å². The number of carboxylic acid groups (broad SMARTS) is 1. The molecule has 0 bridgehead atoms. The van der Waals surface area contributed by atoms with Crippen molar-refractivity contribution in [3.8, 4) is 0 Å². The fourth-order valence-corrected chi connectivity index (χ4v) is 0.613. The highest BCUT2D eigenvalue weighted by Gasteiger charge is 2.12. The largest absolute Gasteiger partial charge is 0.479 e. The van der Waals surface area contributed by atoms with E-state index >= 15 is 0 Å². The number of carbonyl (C=O) groups is 2. The van der Waals surface area contributed by atoms with Crippen LogP contribution < -0.4 is 0 Å². The standard InChI is InChI=1S/C4H6ClNO3.C4H9NO2/c1-6(4(8)9)3(7)2-5;1-3-7-4(2)5-6/h2H2,1H3,(H,8,9);6H,3H2,1-2H3. The number of imide groups is 1. The molecule has 8 heteroatoms. The SMILES string of the molecule is CCOC(C)=NO.CN(C(=O)O)C(=O)CCl. The van der Waals surface area contributed by atoms with E-state index in [4.69, 9.17) is 26.7 Å². The zero-order valence-corrected chi connectivity index (χ0v) is 10.1. The van der Waals surface area contributed by atoms with Crippen LogP contribution in [0.25, 0.3) is 0 Å². The number of halogens is 1. The first-order chi connectivity index (χ1) is 7.40. The van der Waals surface area contributed by atoms with Gasteiger partial charge in [0.25, 0.3) is 0 Å². The Balaban J connectivity index is 0. The van der Waals surface area contributed by atoms with Crippen molar-refractivity contribution in [3.05, 3.63) is 0 Å². The normalized spacial score (nSPS) is 9.88. The second kappa shape index (κ2) is 10.0. The van der Waals surface area contributed by atoms with Crippen molar-refractivity contribution in [1.82, 2.24) is 4.90 Å². The summed E-state index contributed by atoms with van der Waals surface area (Å²) in [5.41, 5.74) is 0. The maximum absolute atomic E-state index is 10.4. The smallest absolute Gasteiger partial charge is 0.413 e. The number of carbonyl (C=O) groups excluding carboxylic acids is 1. The molecule has 0 radical (unpaired) electrons. The molecule has 2 N–H and O–H groups in total. The van der Waals surface area contributed by atoms with Crippen LogP contribution in [-0.2, 0) is 9.53 Å². The van der Waals surface area contributed by atoms with Gasteiger partial charge in [0.2, 0.25) is 11.8 Å². The fraction of sp³-hybridized carbons (Fsp3) is 0.625. The van der Waals surface area contributed by atoms with E-state index in [0.717, 1.165) is 7.05 Å². The molecule has 7 nitrogen and oxygen atoms in total. The Morgan fingerprint density at radius 3 is 2.12 bits per heavy atom. The van der Waals surface area contributed by atoms with Crippen LogP contribution >= 0.6 is 11.6 Å². The first-order valence-electron chi connectivity index (χ1n) is 4.27. The Labute approximate surface area is 98.2 Å². The Hall–Kier alpha value is -1.50. The van der Waals surface area contributed by atoms with E-state index in [1.54, 1.807) is 6.92 Å². The summed E-state index contributed by atoms with van der Waals surface area (Å²) in [5.74, 6) is -0.616. The zero-order chi connectivity index (χ0) is 13.1. The van der Waals surface area contributed by atoms with Crippen LogP contribution in [-0.4, -0.2) is 52.6 Å². The molecule has 0 spiro atoms. The maximum atomic E-state index is 10.4. The van der Waals surface area contributed by atoms with Gasteiger partial charge in [-0.15, -0.1) is 11.6 Å². The van der Waals surface area contributed by atoms with Gasteiger partial charge in [0.1, 0.15) is 5.88 Å². The van der Waals surface area contributed by atoms with Crippen molar-refractivity contribution in [2.24, 2.45) is 5.16 Å². The molecule has 0 saturated carbocycles. The lowest BCUT2D eigenvalue weighted by Gasteiger charge is -2.06. The molecule has 0 rings (SSSR count). The highest BCUT2D eigenvalue weighted by Crippen LogP contribution is 1.87. The van der Waals surface area contributed by atoms with E-state index in [9.17, 15) is 9.59 Å². The van der Waals surface area contributed by atoms with E-state index in [-0.39, 0.29) is 5.88 Å². The fourth-order valence-electron chi connectivity index (χ4n) is 0.434. The van der Waals surface area contributed by atoms with E-state index in [1.165, 1.54) is 0 Å². The van der Waals surface area contributed by atoms with E-state index in [1.807, 2.05) is 6.92 Å². The minimum Gasteiger partial charge on any atom is -0.479 e. The van der Waals surface area contributed by atoms with E-state index in [0.29, 0.717) is 17.4 Å². The molecule has 2 amide bonds. The van der Waals surface area contributed by atoms with Gasteiger partial charge < -0.3 is 15.1 Å². The van der Waals surface area contributed by atoms with Gasteiger partial charge in [-0.2, -0.15) is 0 Å². The molecule has 0 aliphatic heterocycles. The van der Waals surface area contributed by atoms with Gasteiger partial charge in [-0.05, 0) is 6.92 Å². The molecule has 16 heavy (non-hydrogen) atoms. The van der Waals surface area contributed by atoms with Crippen LogP contribution in [0.4, 0.5) is 4.79 Å². The monoisotopic (exact) mass is 254 g/mol. The molecule has 0 saturated heterocycles. The molecule has 0 aromatic rings. The zero-order valence-electron chi connectivity index (χ0n) is 9.31. The minimum atomic E-state index is -1.29. The van der Waals surface area contributed by atoms with Crippen molar-refractivity contribution < 1.29 is 24.6 Å². The number of rotatable bonds is 2. The lowest BCUT2D eigenvalue weighted by atomic mass is 10.6. The first kappa shape index (κ1) is 16.9.